The summed E-state index contributed by atoms with van der Waals surface area (Å²) in [6.45, 7) is 4.76. The lowest BCUT2D eigenvalue weighted by molar-refractivity contribution is -0.870. The zero-order chi connectivity index (χ0) is 42.1. The highest BCUT2D eigenvalue weighted by molar-refractivity contribution is 5.71. The lowest BCUT2D eigenvalue weighted by Crippen LogP contribution is -2.40. The molecule has 9 nitrogen and oxygen atoms in total. The SMILES string of the molecule is CC/C=C\C/C=C\C/C=C\CCCCCCCCCC(=O)OC(COC(=O)CCCCCCCCCCCCCCCCC)COC(OCC[N+](C)(C)C)C(=O)O. The number of ether oxygens (including phenoxy) is 4. The zero-order valence-electron chi connectivity index (χ0n) is 37.5. The number of aliphatic carboxylic acids is 1. The molecule has 0 saturated heterocycles. The number of hydrogen-bond donors (Lipinski definition) is 1. The van der Waals surface area contributed by atoms with Crippen molar-refractivity contribution in [1.29, 1.82) is 0 Å². The van der Waals surface area contributed by atoms with Crippen LogP contribution in [-0.4, -0.2) is 87.4 Å². The molecule has 0 saturated carbocycles. The molecule has 0 heterocycles. The number of carbonyl (C=O) groups excluding carboxylic acids is 2. The Morgan fingerprint density at radius 1 is 0.544 bits per heavy atom. The molecular formula is C48H88NO8+. The van der Waals surface area contributed by atoms with Gasteiger partial charge in [-0.1, -0.05) is 172 Å². The number of carboxylic acid groups (broad SMARTS) is 1. The van der Waals surface area contributed by atoms with Gasteiger partial charge in [0, 0.05) is 12.8 Å². The number of esters is 2. The predicted molar refractivity (Wildman–Crippen MR) is 235 cm³/mol. The fraction of sp³-hybridized carbons (Fsp3) is 0.812. The summed E-state index contributed by atoms with van der Waals surface area (Å²) in [5.74, 6) is -2.01. The molecule has 0 aliphatic carbocycles. The van der Waals surface area contributed by atoms with E-state index in [2.05, 4.69) is 50.3 Å². The maximum Gasteiger partial charge on any atom is 0.361 e. The number of carboxylic acids is 1. The van der Waals surface area contributed by atoms with Gasteiger partial charge < -0.3 is 28.5 Å². The van der Waals surface area contributed by atoms with Crippen LogP contribution in [0.4, 0.5) is 0 Å². The molecule has 0 radical (unpaired) electrons. The summed E-state index contributed by atoms with van der Waals surface area (Å²) in [5.41, 5.74) is 0. The Kier molecular flexibility index (Phi) is 38.5. The van der Waals surface area contributed by atoms with Gasteiger partial charge in [0.25, 0.3) is 6.29 Å². The van der Waals surface area contributed by atoms with E-state index in [0.29, 0.717) is 23.9 Å². The van der Waals surface area contributed by atoms with E-state index in [4.69, 9.17) is 18.9 Å². The van der Waals surface area contributed by atoms with Gasteiger partial charge in [-0.3, -0.25) is 9.59 Å². The Bertz CT molecular complexity index is 1030. The molecule has 2 atom stereocenters. The summed E-state index contributed by atoms with van der Waals surface area (Å²) in [6, 6.07) is 0. The average molecular weight is 807 g/mol. The Labute approximate surface area is 350 Å². The molecule has 0 aliphatic heterocycles. The number of unbranched alkanes of at least 4 members (excludes halogenated alkanes) is 21. The third-order valence-electron chi connectivity index (χ3n) is 9.91. The number of quaternary nitrogens is 1. The number of rotatable bonds is 42. The first-order chi connectivity index (χ1) is 27.6. The highest BCUT2D eigenvalue weighted by atomic mass is 16.7. The van der Waals surface area contributed by atoms with Crippen LogP contribution in [-0.2, 0) is 33.3 Å². The molecule has 0 fully saturated rings. The van der Waals surface area contributed by atoms with Crippen molar-refractivity contribution in [3.63, 3.8) is 0 Å². The fourth-order valence-electron chi connectivity index (χ4n) is 6.32. The Hall–Kier alpha value is -2.49. The highest BCUT2D eigenvalue weighted by Crippen LogP contribution is 2.15. The van der Waals surface area contributed by atoms with Crippen LogP contribution in [0.15, 0.2) is 36.5 Å². The molecule has 0 aromatic heterocycles. The minimum atomic E-state index is -1.51. The third-order valence-corrected chi connectivity index (χ3v) is 9.91. The van der Waals surface area contributed by atoms with E-state index in [1.54, 1.807) is 0 Å². The fourth-order valence-corrected chi connectivity index (χ4v) is 6.32. The summed E-state index contributed by atoms with van der Waals surface area (Å²) < 4.78 is 22.7. The lowest BCUT2D eigenvalue weighted by Gasteiger charge is -2.25. The second-order valence-corrected chi connectivity index (χ2v) is 16.7. The Morgan fingerprint density at radius 2 is 1.00 bits per heavy atom. The minimum absolute atomic E-state index is 0.183. The molecule has 0 spiro atoms. The number of nitrogens with zero attached hydrogens (tertiary/aromatic N) is 1. The molecule has 57 heavy (non-hydrogen) atoms. The van der Waals surface area contributed by atoms with Crippen molar-refractivity contribution in [1.82, 2.24) is 0 Å². The van der Waals surface area contributed by atoms with E-state index in [0.717, 1.165) is 64.2 Å². The van der Waals surface area contributed by atoms with E-state index in [1.165, 1.54) is 96.3 Å². The Balaban J connectivity index is 4.42. The van der Waals surface area contributed by atoms with Crippen LogP contribution in [0, 0.1) is 0 Å². The number of hydrogen-bond acceptors (Lipinski definition) is 7. The molecule has 0 aromatic rings. The van der Waals surface area contributed by atoms with Crippen molar-refractivity contribution in [2.75, 3.05) is 47.5 Å². The summed E-state index contributed by atoms with van der Waals surface area (Å²) in [7, 11) is 5.95. The topological polar surface area (TPSA) is 108 Å². The van der Waals surface area contributed by atoms with Crippen molar-refractivity contribution in [2.24, 2.45) is 0 Å². The summed E-state index contributed by atoms with van der Waals surface area (Å²) in [6.07, 6.45) is 42.0. The Morgan fingerprint density at radius 3 is 1.49 bits per heavy atom. The van der Waals surface area contributed by atoms with Crippen LogP contribution >= 0.6 is 0 Å². The van der Waals surface area contributed by atoms with E-state index >= 15 is 0 Å². The minimum Gasteiger partial charge on any atom is -0.477 e. The van der Waals surface area contributed by atoms with Crippen LogP contribution in [0.5, 0.6) is 0 Å². The molecule has 332 valence electrons. The van der Waals surface area contributed by atoms with Gasteiger partial charge in [-0.15, -0.1) is 0 Å². The lowest BCUT2D eigenvalue weighted by atomic mass is 10.0. The van der Waals surface area contributed by atoms with Gasteiger partial charge in [-0.05, 0) is 44.9 Å². The largest absolute Gasteiger partial charge is 0.477 e. The molecule has 0 aliphatic rings. The van der Waals surface area contributed by atoms with Gasteiger partial charge >= 0.3 is 17.9 Å². The first-order valence-corrected chi connectivity index (χ1v) is 23.2. The first-order valence-electron chi connectivity index (χ1n) is 23.2. The highest BCUT2D eigenvalue weighted by Gasteiger charge is 2.25. The van der Waals surface area contributed by atoms with Crippen molar-refractivity contribution in [3.05, 3.63) is 36.5 Å². The smallest absolute Gasteiger partial charge is 0.361 e. The van der Waals surface area contributed by atoms with E-state index < -0.39 is 24.3 Å². The monoisotopic (exact) mass is 807 g/mol. The summed E-state index contributed by atoms with van der Waals surface area (Å²) in [4.78, 5) is 37.1. The van der Waals surface area contributed by atoms with Crippen LogP contribution in [0.25, 0.3) is 0 Å². The van der Waals surface area contributed by atoms with Gasteiger partial charge in [0.05, 0.1) is 34.4 Å². The maximum atomic E-state index is 12.8. The van der Waals surface area contributed by atoms with Gasteiger partial charge in [-0.2, -0.15) is 0 Å². The zero-order valence-corrected chi connectivity index (χ0v) is 37.5. The molecule has 1 N–H and O–H groups in total. The molecule has 9 heteroatoms. The van der Waals surface area contributed by atoms with E-state index in [1.807, 2.05) is 21.1 Å². The van der Waals surface area contributed by atoms with Crippen molar-refractivity contribution in [3.8, 4) is 0 Å². The molecule has 0 rings (SSSR count). The van der Waals surface area contributed by atoms with Crippen LogP contribution < -0.4 is 0 Å². The normalized spacial score (nSPS) is 13.2. The number of carbonyl (C=O) groups is 3. The second-order valence-electron chi connectivity index (χ2n) is 16.7. The summed E-state index contributed by atoms with van der Waals surface area (Å²) in [5, 5.41) is 9.64. The van der Waals surface area contributed by atoms with Gasteiger partial charge in [0.2, 0.25) is 0 Å². The number of allylic oxidation sites excluding steroid dienone is 6. The summed E-state index contributed by atoms with van der Waals surface area (Å²) >= 11 is 0. The molecule has 0 bridgehead atoms. The molecular weight excluding hydrogens is 719 g/mol. The quantitative estimate of drug-likeness (QED) is 0.0214. The third kappa shape index (κ3) is 41.5. The predicted octanol–water partition coefficient (Wildman–Crippen LogP) is 12.2. The molecule has 0 amide bonds. The molecule has 0 aromatic carbocycles. The second kappa shape index (κ2) is 40.3. The van der Waals surface area contributed by atoms with Gasteiger partial charge in [-0.25, -0.2) is 4.79 Å². The maximum absolute atomic E-state index is 12.8. The van der Waals surface area contributed by atoms with Crippen molar-refractivity contribution < 1.29 is 42.9 Å². The first kappa shape index (κ1) is 54.5. The van der Waals surface area contributed by atoms with Gasteiger partial charge in [0.1, 0.15) is 13.2 Å². The molecule has 2 unspecified atom stereocenters. The number of likely N-dealkylation sites (N-methyl/N-ethyl adjacent to an activating group) is 1. The van der Waals surface area contributed by atoms with Crippen molar-refractivity contribution in [2.45, 2.75) is 206 Å². The van der Waals surface area contributed by atoms with E-state index in [9.17, 15) is 19.5 Å². The van der Waals surface area contributed by atoms with Crippen molar-refractivity contribution >= 4 is 17.9 Å². The standard InChI is InChI=1S/C48H87NO8/c1-6-8-10-12-14-16-18-20-22-23-25-27-29-31-33-35-37-39-46(51)57-44(43-56-48(47(52)53)54-41-40-49(3,4)5)42-55-45(50)38-36-34-32-30-28-26-24-21-19-17-15-13-11-9-7-2/h8,10,14,16,20,22,44,48H,6-7,9,11-13,15,17-19,21,23-43H2,1-5H3/p+1/b10-8-,16-14-,22-20-. The van der Waals surface area contributed by atoms with Crippen LogP contribution in [0.2, 0.25) is 0 Å². The van der Waals surface area contributed by atoms with Crippen LogP contribution in [0.3, 0.4) is 0 Å². The van der Waals surface area contributed by atoms with Crippen LogP contribution in [0.1, 0.15) is 194 Å². The van der Waals surface area contributed by atoms with Gasteiger partial charge in [0.15, 0.2) is 6.10 Å². The van der Waals surface area contributed by atoms with E-state index in [-0.39, 0.29) is 32.2 Å². The average Bonchev–Trinajstić information content (AvgIpc) is 3.17.